The van der Waals surface area contributed by atoms with Gasteiger partial charge in [-0.15, -0.1) is 6.58 Å². The van der Waals surface area contributed by atoms with Crippen LogP contribution in [0.4, 0.5) is 17.2 Å². The highest BCUT2D eigenvalue weighted by molar-refractivity contribution is 7.80. The molecule has 0 amide bonds. The number of thiocarbonyl (C=S) groups is 1. The fourth-order valence-corrected chi connectivity index (χ4v) is 1.93. The molecule has 1 aromatic heterocycles. The average molecular weight is 298 g/mol. The Labute approximate surface area is 130 Å². The van der Waals surface area contributed by atoms with Gasteiger partial charge in [0.1, 0.15) is 5.82 Å². The highest BCUT2D eigenvalue weighted by Crippen LogP contribution is 2.19. The molecule has 0 aliphatic rings. The van der Waals surface area contributed by atoms with Gasteiger partial charge in [-0.25, -0.2) is 4.98 Å². The van der Waals surface area contributed by atoms with Gasteiger partial charge in [0, 0.05) is 12.2 Å². The Morgan fingerprint density at radius 2 is 2.10 bits per heavy atom. The zero-order valence-corrected chi connectivity index (χ0v) is 12.7. The maximum atomic E-state index is 5.14. The number of hydrogen-bond donors (Lipinski definition) is 3. The lowest BCUT2D eigenvalue weighted by Crippen LogP contribution is -2.28. The molecule has 0 atom stereocenters. The van der Waals surface area contributed by atoms with E-state index in [0.717, 1.165) is 17.2 Å². The van der Waals surface area contributed by atoms with Crippen molar-refractivity contribution in [1.29, 1.82) is 0 Å². The second kappa shape index (κ2) is 7.40. The van der Waals surface area contributed by atoms with E-state index in [9.17, 15) is 0 Å². The van der Waals surface area contributed by atoms with Gasteiger partial charge in [-0.1, -0.05) is 24.3 Å². The fourth-order valence-electron chi connectivity index (χ4n) is 1.73. The number of hydrogen-bond acceptors (Lipinski definition) is 3. The van der Waals surface area contributed by atoms with Gasteiger partial charge < -0.3 is 16.0 Å². The molecule has 2 aromatic rings. The summed E-state index contributed by atoms with van der Waals surface area (Å²) >= 11 is 5.14. The van der Waals surface area contributed by atoms with E-state index >= 15 is 0 Å². The highest BCUT2D eigenvalue weighted by atomic mass is 32.1. The third-order valence-corrected chi connectivity index (χ3v) is 3.08. The van der Waals surface area contributed by atoms with Crippen molar-refractivity contribution in [1.82, 2.24) is 10.3 Å². The van der Waals surface area contributed by atoms with Crippen LogP contribution in [-0.2, 0) is 0 Å². The van der Waals surface area contributed by atoms with Crippen molar-refractivity contribution in [2.24, 2.45) is 0 Å². The van der Waals surface area contributed by atoms with Gasteiger partial charge in [-0.3, -0.25) is 0 Å². The van der Waals surface area contributed by atoms with Crippen molar-refractivity contribution >= 4 is 34.5 Å². The summed E-state index contributed by atoms with van der Waals surface area (Å²) in [5.74, 6) is 0.791. The molecule has 0 saturated carbocycles. The van der Waals surface area contributed by atoms with Crippen LogP contribution in [0.25, 0.3) is 0 Å². The Bertz CT molecular complexity index is 622. The van der Waals surface area contributed by atoms with Crippen molar-refractivity contribution in [3.05, 3.63) is 60.8 Å². The van der Waals surface area contributed by atoms with Gasteiger partial charge in [0.15, 0.2) is 5.11 Å². The molecule has 2 rings (SSSR count). The number of anilines is 3. The molecule has 0 radical (unpaired) electrons. The van der Waals surface area contributed by atoms with Gasteiger partial charge in [-0.05, 0) is 42.9 Å². The van der Waals surface area contributed by atoms with Crippen LogP contribution in [0.15, 0.2) is 55.3 Å². The van der Waals surface area contributed by atoms with Crippen molar-refractivity contribution < 1.29 is 0 Å². The van der Waals surface area contributed by atoms with Crippen LogP contribution in [0, 0.1) is 6.92 Å². The predicted molar refractivity (Wildman–Crippen MR) is 93.1 cm³/mol. The Kier molecular flexibility index (Phi) is 5.29. The third-order valence-electron chi connectivity index (χ3n) is 2.84. The van der Waals surface area contributed by atoms with Gasteiger partial charge >= 0.3 is 0 Å². The summed E-state index contributed by atoms with van der Waals surface area (Å²) in [6.07, 6.45) is 3.49. The second-order valence-corrected chi connectivity index (χ2v) is 4.90. The van der Waals surface area contributed by atoms with Gasteiger partial charge in [-0.2, -0.15) is 0 Å². The first-order valence-electron chi connectivity index (χ1n) is 6.63. The van der Waals surface area contributed by atoms with Crippen molar-refractivity contribution in [2.75, 3.05) is 17.2 Å². The normalized spacial score (nSPS) is 9.76. The van der Waals surface area contributed by atoms with Crippen LogP contribution in [0.3, 0.4) is 0 Å². The first-order chi connectivity index (χ1) is 10.2. The minimum atomic E-state index is 0.552. The van der Waals surface area contributed by atoms with E-state index in [0.29, 0.717) is 11.7 Å². The Balaban J connectivity index is 1.97. The van der Waals surface area contributed by atoms with Crippen LogP contribution in [0.5, 0.6) is 0 Å². The summed E-state index contributed by atoms with van der Waals surface area (Å²) in [5, 5.41) is 9.90. The van der Waals surface area contributed by atoms with E-state index in [2.05, 4.69) is 40.5 Å². The molecule has 1 heterocycles. The first kappa shape index (κ1) is 15.0. The zero-order valence-electron chi connectivity index (χ0n) is 11.9. The quantitative estimate of drug-likeness (QED) is 0.581. The molecule has 108 valence electrons. The number of aryl methyl sites for hydroxylation is 1. The molecule has 1 aromatic carbocycles. The molecule has 0 unspecified atom stereocenters. The van der Waals surface area contributed by atoms with Crippen LogP contribution in [-0.4, -0.2) is 16.6 Å². The maximum Gasteiger partial charge on any atom is 0.171 e. The summed E-state index contributed by atoms with van der Waals surface area (Å²) in [6, 6.07) is 11.9. The highest BCUT2D eigenvalue weighted by Gasteiger charge is 2.00. The monoisotopic (exact) mass is 298 g/mol. The lowest BCUT2D eigenvalue weighted by Gasteiger charge is -2.11. The molecule has 0 aliphatic carbocycles. The number of pyridine rings is 1. The maximum absolute atomic E-state index is 5.14. The standard InChI is InChI=1S/C16H18N4S/c1-3-10-17-16(21)19-13-8-9-15(18-11-13)20-14-7-5-4-6-12(14)2/h3-9,11H,1,10H2,2H3,(H,18,20)(H2,17,19,21). The summed E-state index contributed by atoms with van der Waals surface area (Å²) in [7, 11) is 0. The summed E-state index contributed by atoms with van der Waals surface area (Å²) in [4.78, 5) is 4.37. The van der Waals surface area contributed by atoms with Crippen LogP contribution >= 0.6 is 12.2 Å². The molecule has 21 heavy (non-hydrogen) atoms. The van der Waals surface area contributed by atoms with E-state index in [1.165, 1.54) is 5.56 Å². The van der Waals surface area contributed by atoms with E-state index < -0.39 is 0 Å². The molecule has 0 fully saturated rings. The third kappa shape index (κ3) is 4.57. The van der Waals surface area contributed by atoms with Crippen LogP contribution < -0.4 is 16.0 Å². The lowest BCUT2D eigenvalue weighted by atomic mass is 10.2. The molecule has 0 aliphatic heterocycles. The number of nitrogens with one attached hydrogen (secondary N) is 3. The van der Waals surface area contributed by atoms with E-state index in [1.54, 1.807) is 12.3 Å². The molecule has 4 nitrogen and oxygen atoms in total. The second-order valence-electron chi connectivity index (χ2n) is 4.50. The number of rotatable bonds is 5. The number of nitrogens with zero attached hydrogens (tertiary/aromatic N) is 1. The molecule has 0 saturated heterocycles. The zero-order chi connectivity index (χ0) is 15.1. The number of aromatic nitrogens is 1. The topological polar surface area (TPSA) is 49.0 Å². The van der Waals surface area contributed by atoms with Gasteiger partial charge in [0.25, 0.3) is 0 Å². The Morgan fingerprint density at radius 3 is 2.76 bits per heavy atom. The summed E-state index contributed by atoms with van der Waals surface area (Å²) in [6.45, 7) is 6.32. The SMILES string of the molecule is C=CCNC(=S)Nc1ccc(Nc2ccccc2C)nc1. The number of benzene rings is 1. The molecule has 3 N–H and O–H groups in total. The first-order valence-corrected chi connectivity index (χ1v) is 7.04. The van der Waals surface area contributed by atoms with E-state index in [4.69, 9.17) is 12.2 Å². The van der Waals surface area contributed by atoms with E-state index in [-0.39, 0.29) is 0 Å². The minimum Gasteiger partial charge on any atom is -0.359 e. The van der Waals surface area contributed by atoms with Crippen molar-refractivity contribution in [3.63, 3.8) is 0 Å². The Morgan fingerprint density at radius 1 is 1.29 bits per heavy atom. The predicted octanol–water partition coefficient (Wildman–Crippen LogP) is 3.61. The van der Waals surface area contributed by atoms with Crippen LogP contribution in [0.1, 0.15) is 5.56 Å². The fraction of sp³-hybridized carbons (Fsp3) is 0.125. The Hall–Kier alpha value is -2.40. The van der Waals surface area contributed by atoms with Crippen molar-refractivity contribution in [2.45, 2.75) is 6.92 Å². The lowest BCUT2D eigenvalue weighted by molar-refractivity contribution is 1.06. The molecule has 0 spiro atoms. The van der Waals surface area contributed by atoms with Gasteiger partial charge in [0.05, 0.1) is 11.9 Å². The molecule has 5 heteroatoms. The summed E-state index contributed by atoms with van der Waals surface area (Å²) < 4.78 is 0. The minimum absolute atomic E-state index is 0.552. The average Bonchev–Trinajstić information content (AvgIpc) is 2.49. The molecular formula is C16H18N4S. The van der Waals surface area contributed by atoms with Gasteiger partial charge in [0.2, 0.25) is 0 Å². The van der Waals surface area contributed by atoms with E-state index in [1.807, 2.05) is 30.3 Å². The largest absolute Gasteiger partial charge is 0.359 e. The smallest absolute Gasteiger partial charge is 0.171 e. The number of para-hydroxylation sites is 1. The van der Waals surface area contributed by atoms with Crippen molar-refractivity contribution in [3.8, 4) is 0 Å². The summed E-state index contributed by atoms with van der Waals surface area (Å²) in [5.41, 5.74) is 3.07. The molecular weight excluding hydrogens is 280 g/mol. The van der Waals surface area contributed by atoms with Crippen LogP contribution in [0.2, 0.25) is 0 Å². The molecule has 0 bridgehead atoms.